The number of rotatable bonds is 1. The minimum absolute atomic E-state index is 1.32. The van der Waals surface area contributed by atoms with Crippen LogP contribution in [0.25, 0.3) is 0 Å². The van der Waals surface area contributed by atoms with Crippen molar-refractivity contribution in [3.05, 3.63) is 12.4 Å². The third-order valence-electron chi connectivity index (χ3n) is 0.192. The van der Waals surface area contributed by atoms with Gasteiger partial charge in [0.25, 0.3) is 0 Å². The molecule has 0 radical (unpaired) electrons. The summed E-state index contributed by atoms with van der Waals surface area (Å²) in [4.78, 5) is 0. The zero-order valence-electron chi connectivity index (χ0n) is 6.81. The third kappa shape index (κ3) is 121. The van der Waals surface area contributed by atoms with E-state index in [1.54, 1.807) is 0 Å². The summed E-state index contributed by atoms with van der Waals surface area (Å²) >= 11 is 0. The van der Waals surface area contributed by atoms with Gasteiger partial charge in [-0.25, -0.2) is 0 Å². The molecule has 0 amide bonds. The van der Waals surface area contributed by atoms with Crippen molar-refractivity contribution in [1.29, 1.82) is 0 Å². The van der Waals surface area contributed by atoms with E-state index in [2.05, 4.69) is 5.43 Å². The van der Waals surface area contributed by atoms with Gasteiger partial charge in [-0.1, -0.05) is 27.7 Å². The Kier molecular flexibility index (Phi) is 95.8. The van der Waals surface area contributed by atoms with Crippen molar-refractivity contribution >= 4 is 0 Å². The van der Waals surface area contributed by atoms with Crippen molar-refractivity contribution in [2.24, 2.45) is 11.6 Å². The van der Waals surface area contributed by atoms with Crippen molar-refractivity contribution in [2.45, 2.75) is 27.7 Å². The molecular formula is C6H19N3. The van der Waals surface area contributed by atoms with Crippen LogP contribution in [0.3, 0.4) is 0 Å². The lowest BCUT2D eigenvalue weighted by Crippen LogP contribution is -2.13. The maximum Gasteiger partial charge on any atom is 0.0278 e. The van der Waals surface area contributed by atoms with E-state index >= 15 is 0 Å². The average molecular weight is 133 g/mol. The SMILES string of the molecule is CC.CC.N/C=C\NN. The van der Waals surface area contributed by atoms with Gasteiger partial charge in [-0.3, -0.25) is 5.84 Å². The molecule has 0 unspecified atom stereocenters. The first-order chi connectivity index (χ1) is 4.41. The molecule has 3 nitrogen and oxygen atoms in total. The van der Waals surface area contributed by atoms with Gasteiger partial charge in [0, 0.05) is 12.4 Å². The predicted molar refractivity (Wildman–Crippen MR) is 43.3 cm³/mol. The maximum absolute atomic E-state index is 4.82. The maximum atomic E-state index is 4.82. The lowest BCUT2D eigenvalue weighted by atomic mass is 11.0. The van der Waals surface area contributed by atoms with Gasteiger partial charge in [0.2, 0.25) is 0 Å². The molecule has 0 bridgehead atoms. The summed E-state index contributed by atoms with van der Waals surface area (Å²) in [6.45, 7) is 8.00. The summed E-state index contributed by atoms with van der Waals surface area (Å²) in [7, 11) is 0. The van der Waals surface area contributed by atoms with Gasteiger partial charge >= 0.3 is 0 Å². The number of nitrogens with one attached hydrogen (secondary N) is 1. The summed E-state index contributed by atoms with van der Waals surface area (Å²) in [5.41, 5.74) is 7.03. The Morgan fingerprint density at radius 3 is 1.44 bits per heavy atom. The highest BCUT2D eigenvalue weighted by Crippen LogP contribution is 1.38. The minimum Gasteiger partial charge on any atom is -0.403 e. The van der Waals surface area contributed by atoms with E-state index < -0.39 is 0 Å². The Bertz CT molecular complexity index is 35.3. The molecule has 5 N–H and O–H groups in total. The highest BCUT2D eigenvalue weighted by molar-refractivity contribution is 4.67. The predicted octanol–water partition coefficient (Wildman–Crippen LogP) is 0.932. The fraction of sp³-hybridized carbons (Fsp3) is 0.667. The first-order valence-electron chi connectivity index (χ1n) is 3.24. The molecule has 0 aliphatic carbocycles. The van der Waals surface area contributed by atoms with Crippen molar-refractivity contribution < 1.29 is 0 Å². The Labute approximate surface area is 58.1 Å². The van der Waals surface area contributed by atoms with E-state index in [9.17, 15) is 0 Å². The minimum atomic E-state index is 1.32. The van der Waals surface area contributed by atoms with E-state index in [4.69, 9.17) is 11.6 Å². The second-order valence-corrected chi connectivity index (χ2v) is 0.526. The summed E-state index contributed by atoms with van der Waals surface area (Å²) in [6.07, 6.45) is 2.75. The standard InChI is InChI=1S/C2H7N3.2C2H6/c3-1-2-5-4;2*1-2/h1-2,5H,3-4H2;2*1-2H3/b2-1-;;. The van der Waals surface area contributed by atoms with Gasteiger partial charge in [0.05, 0.1) is 0 Å². The van der Waals surface area contributed by atoms with Gasteiger partial charge < -0.3 is 11.2 Å². The number of nitrogens with two attached hydrogens (primary N) is 2. The fourth-order valence-electron chi connectivity index (χ4n) is 0.0556. The van der Waals surface area contributed by atoms with Gasteiger partial charge in [-0.15, -0.1) is 0 Å². The summed E-state index contributed by atoms with van der Waals surface area (Å²) in [5, 5.41) is 0. The Balaban J connectivity index is -0.0000000771. The van der Waals surface area contributed by atoms with Crippen LogP contribution in [0.4, 0.5) is 0 Å². The molecule has 0 aromatic heterocycles. The Hall–Kier alpha value is -0.700. The number of hydrogen-bond donors (Lipinski definition) is 3. The van der Waals surface area contributed by atoms with Gasteiger partial charge in [0.1, 0.15) is 0 Å². The summed E-state index contributed by atoms with van der Waals surface area (Å²) < 4.78 is 0. The Morgan fingerprint density at radius 2 is 1.44 bits per heavy atom. The van der Waals surface area contributed by atoms with E-state index in [-0.39, 0.29) is 0 Å². The molecule has 0 saturated carbocycles. The van der Waals surface area contributed by atoms with Gasteiger partial charge in [-0.05, 0) is 0 Å². The lowest BCUT2D eigenvalue weighted by Gasteiger charge is -1.76. The summed E-state index contributed by atoms with van der Waals surface area (Å²) in [5.74, 6) is 4.72. The largest absolute Gasteiger partial charge is 0.403 e. The van der Waals surface area contributed by atoms with Crippen molar-refractivity contribution in [1.82, 2.24) is 5.43 Å². The quantitative estimate of drug-likeness (QED) is 0.368. The van der Waals surface area contributed by atoms with Crippen LogP contribution in [-0.4, -0.2) is 0 Å². The van der Waals surface area contributed by atoms with Crippen molar-refractivity contribution in [2.75, 3.05) is 0 Å². The molecule has 0 saturated heterocycles. The van der Waals surface area contributed by atoms with E-state index in [1.807, 2.05) is 27.7 Å². The van der Waals surface area contributed by atoms with E-state index in [0.29, 0.717) is 0 Å². The molecule has 0 aliphatic heterocycles. The topological polar surface area (TPSA) is 64.1 Å². The zero-order valence-corrected chi connectivity index (χ0v) is 6.81. The van der Waals surface area contributed by atoms with Crippen LogP contribution >= 0.6 is 0 Å². The van der Waals surface area contributed by atoms with Crippen LogP contribution < -0.4 is 17.0 Å². The van der Waals surface area contributed by atoms with Crippen LogP contribution in [0.2, 0.25) is 0 Å². The van der Waals surface area contributed by atoms with Crippen LogP contribution in [0.15, 0.2) is 12.4 Å². The lowest BCUT2D eigenvalue weighted by molar-refractivity contribution is 0.963. The molecule has 0 atom stereocenters. The molecule has 0 spiro atoms. The molecule has 0 aliphatic rings. The van der Waals surface area contributed by atoms with E-state index in [0.717, 1.165) is 0 Å². The molecule has 9 heavy (non-hydrogen) atoms. The smallest absolute Gasteiger partial charge is 0.0278 e. The second kappa shape index (κ2) is 54.8. The van der Waals surface area contributed by atoms with Crippen LogP contribution in [0.5, 0.6) is 0 Å². The molecule has 3 heteroatoms. The molecule has 0 fully saturated rings. The Morgan fingerprint density at radius 1 is 1.11 bits per heavy atom. The van der Waals surface area contributed by atoms with Crippen LogP contribution in [0.1, 0.15) is 27.7 Å². The normalized spacial score (nSPS) is 6.33. The summed E-state index contributed by atoms with van der Waals surface area (Å²) in [6, 6.07) is 0. The highest BCUT2D eigenvalue weighted by Gasteiger charge is 1.44. The molecule has 0 rings (SSSR count). The highest BCUT2D eigenvalue weighted by atomic mass is 15.2. The average Bonchev–Trinajstić information content (AvgIpc) is 1.98. The first-order valence-corrected chi connectivity index (χ1v) is 3.24. The van der Waals surface area contributed by atoms with E-state index in [1.165, 1.54) is 12.4 Å². The zero-order chi connectivity index (χ0) is 8.12. The van der Waals surface area contributed by atoms with Crippen LogP contribution in [0, 0.1) is 0 Å². The second-order valence-electron chi connectivity index (χ2n) is 0.526. The third-order valence-corrected chi connectivity index (χ3v) is 0.192. The van der Waals surface area contributed by atoms with Gasteiger partial charge in [-0.2, -0.15) is 0 Å². The fourth-order valence-corrected chi connectivity index (χ4v) is 0.0556. The first kappa shape index (κ1) is 15.7. The number of hydrazine groups is 1. The van der Waals surface area contributed by atoms with Gasteiger partial charge in [0.15, 0.2) is 0 Å². The molecule has 0 aromatic rings. The molecule has 0 aromatic carbocycles. The molecule has 58 valence electrons. The van der Waals surface area contributed by atoms with Crippen molar-refractivity contribution in [3.8, 4) is 0 Å². The molecule has 0 heterocycles. The molecular weight excluding hydrogens is 114 g/mol. The van der Waals surface area contributed by atoms with Crippen molar-refractivity contribution in [3.63, 3.8) is 0 Å². The monoisotopic (exact) mass is 133 g/mol. The van der Waals surface area contributed by atoms with Crippen LogP contribution in [-0.2, 0) is 0 Å². The number of hydrogen-bond acceptors (Lipinski definition) is 3.